The average molecular weight is 392 g/mol. The van der Waals surface area contributed by atoms with E-state index < -0.39 is 0 Å². The number of pyridine rings is 1. The number of carbonyl (C=O) groups excluding carboxylic acids is 1. The van der Waals surface area contributed by atoms with Gasteiger partial charge in [-0.2, -0.15) is 0 Å². The van der Waals surface area contributed by atoms with Gasteiger partial charge >= 0.3 is 0 Å². The summed E-state index contributed by atoms with van der Waals surface area (Å²) in [7, 11) is 0. The quantitative estimate of drug-likeness (QED) is 0.761. The normalized spacial score (nSPS) is 23.2. The van der Waals surface area contributed by atoms with Crippen LogP contribution in [0.15, 0.2) is 35.1 Å². The largest absolute Gasteiger partial charge is 0.379 e. The van der Waals surface area contributed by atoms with Crippen LogP contribution in [0.3, 0.4) is 0 Å². The van der Waals surface area contributed by atoms with Crippen LogP contribution in [0, 0.1) is 0 Å². The first-order valence-electron chi connectivity index (χ1n) is 11.1. The van der Waals surface area contributed by atoms with Crippen molar-refractivity contribution in [2.45, 2.75) is 76.3 Å². The minimum atomic E-state index is 0.0295. The zero-order valence-corrected chi connectivity index (χ0v) is 16.9. The molecule has 0 bridgehead atoms. The molecule has 6 heteroatoms. The summed E-state index contributed by atoms with van der Waals surface area (Å²) >= 11 is 0. The molecule has 0 spiro atoms. The van der Waals surface area contributed by atoms with E-state index in [9.17, 15) is 4.79 Å². The number of nitrogens with zero attached hydrogens (tertiary/aromatic N) is 3. The van der Waals surface area contributed by atoms with Gasteiger partial charge in [-0.15, -0.1) is 0 Å². The average Bonchev–Trinajstić information content (AvgIpc) is 3.37. The van der Waals surface area contributed by atoms with E-state index in [1.54, 1.807) is 12.5 Å². The first-order valence-corrected chi connectivity index (χ1v) is 11.1. The number of rotatable bonds is 4. The van der Waals surface area contributed by atoms with Gasteiger partial charge in [0, 0.05) is 23.7 Å². The summed E-state index contributed by atoms with van der Waals surface area (Å²) in [6.45, 7) is 0. The monoisotopic (exact) mass is 391 g/mol. The Balaban J connectivity index is 1.50. The smallest absolute Gasteiger partial charge is 0.280 e. The molecule has 2 aromatic rings. The molecule has 2 N–H and O–H groups in total. The van der Waals surface area contributed by atoms with E-state index in [2.05, 4.69) is 26.3 Å². The number of hydrogen-bond donors (Lipinski definition) is 2. The van der Waals surface area contributed by atoms with Crippen LogP contribution in [0.5, 0.6) is 0 Å². The first-order chi connectivity index (χ1) is 14.3. The fraction of sp³-hybridized carbons (Fsp3) is 0.522. The third-order valence-electron chi connectivity index (χ3n) is 6.57. The Labute approximate surface area is 171 Å². The third-order valence-corrected chi connectivity index (χ3v) is 6.57. The highest BCUT2D eigenvalue weighted by molar-refractivity contribution is 6.10. The van der Waals surface area contributed by atoms with E-state index in [4.69, 9.17) is 0 Å². The summed E-state index contributed by atoms with van der Waals surface area (Å²) in [5, 5.41) is 4.73. The maximum absolute atomic E-state index is 13.3. The summed E-state index contributed by atoms with van der Waals surface area (Å²) < 4.78 is 0. The highest BCUT2D eigenvalue weighted by atomic mass is 16.2. The molecule has 3 heterocycles. The second-order valence-corrected chi connectivity index (χ2v) is 8.58. The fourth-order valence-corrected chi connectivity index (χ4v) is 4.96. The predicted octanol–water partition coefficient (Wildman–Crippen LogP) is 4.36. The molecule has 2 aromatic heterocycles. The number of fused-ring (bicyclic) bond motifs is 1. The molecule has 2 aliphatic carbocycles. The maximum atomic E-state index is 13.3. The van der Waals surface area contributed by atoms with Crippen LogP contribution in [-0.2, 0) is 4.79 Å². The Morgan fingerprint density at radius 3 is 2.59 bits per heavy atom. The van der Waals surface area contributed by atoms with E-state index in [0.29, 0.717) is 11.7 Å². The summed E-state index contributed by atoms with van der Waals surface area (Å²) in [5.41, 5.74) is 3.10. The van der Waals surface area contributed by atoms with Gasteiger partial charge in [-0.25, -0.2) is 9.98 Å². The molecule has 0 unspecified atom stereocenters. The van der Waals surface area contributed by atoms with E-state index in [1.165, 1.54) is 38.5 Å². The molecule has 5 rings (SSSR count). The molecule has 0 atom stereocenters. The SMILES string of the molecule is O=C1/C(=C(\NC2CCCCC2)c2cc3cccnc3[nH]2)N=CN1C1CCCCC1. The summed E-state index contributed by atoms with van der Waals surface area (Å²) in [4.78, 5) is 27.7. The van der Waals surface area contributed by atoms with Crippen LogP contribution in [0.4, 0.5) is 0 Å². The highest BCUT2D eigenvalue weighted by Gasteiger charge is 2.33. The van der Waals surface area contributed by atoms with Crippen LogP contribution >= 0.6 is 0 Å². The molecule has 2 fully saturated rings. The van der Waals surface area contributed by atoms with E-state index in [0.717, 1.165) is 48.1 Å². The zero-order valence-electron chi connectivity index (χ0n) is 16.9. The van der Waals surface area contributed by atoms with E-state index in [-0.39, 0.29) is 11.9 Å². The Kier molecular flexibility index (Phi) is 5.08. The van der Waals surface area contributed by atoms with Crippen molar-refractivity contribution >= 4 is 29.0 Å². The summed E-state index contributed by atoms with van der Waals surface area (Å²) in [6.07, 6.45) is 15.4. The van der Waals surface area contributed by atoms with Gasteiger partial charge in [-0.3, -0.25) is 9.69 Å². The van der Waals surface area contributed by atoms with E-state index in [1.807, 2.05) is 17.0 Å². The van der Waals surface area contributed by atoms with E-state index >= 15 is 0 Å². The lowest BCUT2D eigenvalue weighted by molar-refractivity contribution is -0.124. The maximum Gasteiger partial charge on any atom is 0.280 e. The van der Waals surface area contributed by atoms with Crippen LogP contribution < -0.4 is 5.32 Å². The van der Waals surface area contributed by atoms with Gasteiger partial charge in [0.1, 0.15) is 5.65 Å². The number of H-pyrrole nitrogens is 1. The molecule has 3 aliphatic rings. The predicted molar refractivity (Wildman–Crippen MR) is 115 cm³/mol. The van der Waals surface area contributed by atoms with Crippen LogP contribution in [0.1, 0.15) is 69.9 Å². The number of aliphatic imine (C=N–C) groups is 1. The standard InChI is InChI=1S/C23H29N5O/c29-23-21(25-15-28(23)18-11-5-2-6-12-18)20(26-17-9-3-1-4-10-17)19-14-16-8-7-13-24-22(16)27-19/h7-8,13-15,17-18,26H,1-6,9-12H2,(H,24,27)/b21-20+. The second kappa shape index (κ2) is 8.01. The summed E-state index contributed by atoms with van der Waals surface area (Å²) in [5.74, 6) is 0.0295. The summed E-state index contributed by atoms with van der Waals surface area (Å²) in [6, 6.07) is 6.73. The molecule has 6 nitrogen and oxygen atoms in total. The van der Waals surface area contributed by atoms with Crippen molar-refractivity contribution in [3.63, 3.8) is 0 Å². The highest BCUT2D eigenvalue weighted by Crippen LogP contribution is 2.30. The van der Waals surface area contributed by atoms with Crippen molar-refractivity contribution in [3.05, 3.63) is 35.8 Å². The molecule has 0 saturated heterocycles. The lowest BCUT2D eigenvalue weighted by atomic mass is 9.94. The third kappa shape index (κ3) is 3.68. The van der Waals surface area contributed by atoms with Crippen LogP contribution in [0.25, 0.3) is 16.7 Å². The van der Waals surface area contributed by atoms with Gasteiger partial charge in [-0.05, 0) is 43.9 Å². The number of aromatic amines is 1. The van der Waals surface area contributed by atoms with Gasteiger partial charge < -0.3 is 10.3 Å². The minimum absolute atomic E-state index is 0.0295. The number of aromatic nitrogens is 2. The van der Waals surface area contributed by atoms with Crippen molar-refractivity contribution in [2.75, 3.05) is 0 Å². The lowest BCUT2D eigenvalue weighted by Gasteiger charge is -2.29. The molecule has 29 heavy (non-hydrogen) atoms. The van der Waals surface area contributed by atoms with Crippen molar-refractivity contribution in [3.8, 4) is 0 Å². The van der Waals surface area contributed by atoms with Crippen molar-refractivity contribution in [2.24, 2.45) is 4.99 Å². The topological polar surface area (TPSA) is 73.4 Å². The molecular weight excluding hydrogens is 362 g/mol. The number of hydrogen-bond acceptors (Lipinski definition) is 4. The molecule has 0 aromatic carbocycles. The lowest BCUT2D eigenvalue weighted by Crippen LogP contribution is -2.38. The Hall–Kier alpha value is -2.63. The van der Waals surface area contributed by atoms with Crippen molar-refractivity contribution < 1.29 is 4.79 Å². The van der Waals surface area contributed by atoms with Gasteiger partial charge in [-0.1, -0.05) is 38.5 Å². The molecule has 1 amide bonds. The molecule has 2 saturated carbocycles. The van der Waals surface area contributed by atoms with Crippen molar-refractivity contribution in [1.29, 1.82) is 0 Å². The number of carbonyl (C=O) groups is 1. The van der Waals surface area contributed by atoms with Gasteiger partial charge in [0.05, 0.1) is 17.7 Å². The Morgan fingerprint density at radius 2 is 1.83 bits per heavy atom. The van der Waals surface area contributed by atoms with Gasteiger partial charge in [0.25, 0.3) is 5.91 Å². The van der Waals surface area contributed by atoms with Gasteiger partial charge in [0.2, 0.25) is 0 Å². The van der Waals surface area contributed by atoms with Crippen LogP contribution in [-0.4, -0.2) is 39.2 Å². The fourth-order valence-electron chi connectivity index (χ4n) is 4.96. The molecule has 1 aliphatic heterocycles. The molecular formula is C23H29N5O. The minimum Gasteiger partial charge on any atom is -0.379 e. The zero-order chi connectivity index (χ0) is 19.6. The number of amides is 1. The molecule has 0 radical (unpaired) electrons. The van der Waals surface area contributed by atoms with Crippen molar-refractivity contribution in [1.82, 2.24) is 20.2 Å². The Bertz CT molecular complexity index is 914. The van der Waals surface area contributed by atoms with Crippen LogP contribution in [0.2, 0.25) is 0 Å². The Morgan fingerprint density at radius 1 is 1.07 bits per heavy atom. The first kappa shape index (κ1) is 18.4. The molecule has 152 valence electrons. The van der Waals surface area contributed by atoms with Gasteiger partial charge in [0.15, 0.2) is 5.70 Å². The second-order valence-electron chi connectivity index (χ2n) is 8.58. The number of nitrogens with one attached hydrogen (secondary N) is 2.